The van der Waals surface area contributed by atoms with Crippen molar-refractivity contribution < 1.29 is 5.11 Å². The topological polar surface area (TPSA) is 63.5 Å². The number of tetrazole rings is 1. The molecule has 0 saturated heterocycles. The molecule has 0 aliphatic heterocycles. The van der Waals surface area contributed by atoms with Crippen LogP contribution in [0.3, 0.4) is 0 Å². The highest BCUT2D eigenvalue weighted by Gasteiger charge is 2.06. The number of nitrogens with zero attached hydrogens (tertiary/aromatic N) is 4. The zero-order chi connectivity index (χ0) is 12.6. The first-order valence-corrected chi connectivity index (χ1v) is 6.32. The molecule has 5 nitrogen and oxygen atoms in total. The second-order valence-electron chi connectivity index (χ2n) is 4.21. The quantitative estimate of drug-likeness (QED) is 0.702. The van der Waals surface area contributed by atoms with Gasteiger partial charge in [-0.25, -0.2) is 5.11 Å². The Labute approximate surface area is 106 Å². The Bertz CT molecular complexity index is 455. The van der Waals surface area contributed by atoms with Crippen molar-refractivity contribution in [3.63, 3.8) is 0 Å². The van der Waals surface area contributed by atoms with E-state index in [-0.39, 0.29) is 6.61 Å². The van der Waals surface area contributed by atoms with Gasteiger partial charge < -0.3 is 0 Å². The fourth-order valence-corrected chi connectivity index (χ4v) is 1.87. The van der Waals surface area contributed by atoms with Gasteiger partial charge in [0, 0.05) is 6.42 Å². The molecule has 0 spiro atoms. The largest absolute Gasteiger partial charge is 0.237 e. The molecule has 18 heavy (non-hydrogen) atoms. The normalized spacial score (nSPS) is 10.7. The molecule has 1 heterocycles. The van der Waals surface area contributed by atoms with Crippen LogP contribution in [0.2, 0.25) is 0 Å². The summed E-state index contributed by atoms with van der Waals surface area (Å²) in [4.78, 5) is 0. The molecule has 2 rings (SSSR count). The Balaban J connectivity index is 1.92. The number of para-hydroxylation sites is 1. The van der Waals surface area contributed by atoms with E-state index in [0.717, 1.165) is 43.6 Å². The minimum atomic E-state index is 0.0295. The molecular formula is C13H17N4O. The standard InChI is InChI=1S/C13H17N4O/c18-11-7-2-1-6-10-13-14-15-16-17(13)12-8-4-3-5-9-12/h3-5,8-9H,1-2,6-7,10-11H2. The lowest BCUT2D eigenvalue weighted by molar-refractivity contribution is 0.186. The SMILES string of the molecule is [O]CCCCCCc1nnnn1-c1ccccc1. The molecule has 0 atom stereocenters. The van der Waals surface area contributed by atoms with E-state index in [1.54, 1.807) is 4.68 Å². The first-order chi connectivity index (χ1) is 8.92. The maximum atomic E-state index is 10.3. The molecule has 0 unspecified atom stereocenters. The third-order valence-electron chi connectivity index (χ3n) is 2.83. The lowest BCUT2D eigenvalue weighted by atomic mass is 10.1. The average molecular weight is 245 g/mol. The van der Waals surface area contributed by atoms with Crippen LogP contribution in [0.15, 0.2) is 30.3 Å². The second-order valence-corrected chi connectivity index (χ2v) is 4.21. The number of rotatable bonds is 7. The molecule has 2 aromatic rings. The smallest absolute Gasteiger partial charge is 0.156 e. The van der Waals surface area contributed by atoms with Crippen LogP contribution in [-0.2, 0) is 11.5 Å². The van der Waals surface area contributed by atoms with Crippen molar-refractivity contribution in [3.8, 4) is 5.69 Å². The Morgan fingerprint density at radius 3 is 2.56 bits per heavy atom. The minimum absolute atomic E-state index is 0.0295. The summed E-state index contributed by atoms with van der Waals surface area (Å²) in [5.74, 6) is 0.878. The van der Waals surface area contributed by atoms with Gasteiger partial charge in [0.25, 0.3) is 0 Å². The lowest BCUT2D eigenvalue weighted by Crippen LogP contribution is -2.03. The van der Waals surface area contributed by atoms with Gasteiger partial charge in [-0.1, -0.05) is 31.0 Å². The fourth-order valence-electron chi connectivity index (χ4n) is 1.87. The lowest BCUT2D eigenvalue weighted by Gasteiger charge is -2.03. The van der Waals surface area contributed by atoms with Crippen molar-refractivity contribution in [1.29, 1.82) is 0 Å². The van der Waals surface area contributed by atoms with E-state index in [9.17, 15) is 5.11 Å². The fraction of sp³-hybridized carbons (Fsp3) is 0.462. The predicted molar refractivity (Wildman–Crippen MR) is 66.9 cm³/mol. The second kappa shape index (κ2) is 6.86. The van der Waals surface area contributed by atoms with Crippen LogP contribution in [-0.4, -0.2) is 26.8 Å². The van der Waals surface area contributed by atoms with Gasteiger partial charge in [0.1, 0.15) is 0 Å². The molecule has 0 bridgehead atoms. The van der Waals surface area contributed by atoms with E-state index in [1.807, 2.05) is 30.3 Å². The maximum absolute atomic E-state index is 10.3. The number of unbranched alkanes of at least 4 members (excludes halogenated alkanes) is 3. The Kier molecular flexibility index (Phi) is 4.84. The molecule has 0 fully saturated rings. The van der Waals surface area contributed by atoms with Crippen LogP contribution >= 0.6 is 0 Å². The van der Waals surface area contributed by atoms with E-state index in [0.29, 0.717) is 0 Å². The van der Waals surface area contributed by atoms with Gasteiger partial charge in [-0.15, -0.1) is 5.10 Å². The zero-order valence-corrected chi connectivity index (χ0v) is 10.3. The van der Waals surface area contributed by atoms with E-state index >= 15 is 0 Å². The van der Waals surface area contributed by atoms with E-state index in [1.165, 1.54) is 0 Å². The van der Waals surface area contributed by atoms with Gasteiger partial charge in [0.15, 0.2) is 5.82 Å². The molecule has 95 valence electrons. The highest BCUT2D eigenvalue weighted by atomic mass is 16.2. The molecular weight excluding hydrogens is 228 g/mol. The van der Waals surface area contributed by atoms with E-state index in [4.69, 9.17) is 0 Å². The Hall–Kier alpha value is -1.75. The molecule has 0 amide bonds. The first-order valence-electron chi connectivity index (χ1n) is 6.32. The summed E-state index contributed by atoms with van der Waals surface area (Å²) in [5, 5.41) is 22.1. The highest BCUT2D eigenvalue weighted by molar-refractivity contribution is 5.30. The monoisotopic (exact) mass is 245 g/mol. The van der Waals surface area contributed by atoms with Crippen molar-refractivity contribution in [2.24, 2.45) is 0 Å². The van der Waals surface area contributed by atoms with Crippen LogP contribution in [0.4, 0.5) is 0 Å². The molecule has 1 radical (unpaired) electrons. The van der Waals surface area contributed by atoms with Crippen molar-refractivity contribution >= 4 is 0 Å². The van der Waals surface area contributed by atoms with Crippen molar-refractivity contribution in [2.45, 2.75) is 32.1 Å². The summed E-state index contributed by atoms with van der Waals surface area (Å²) in [7, 11) is 0. The zero-order valence-electron chi connectivity index (χ0n) is 10.3. The first kappa shape index (κ1) is 12.7. The van der Waals surface area contributed by atoms with Crippen LogP contribution < -0.4 is 0 Å². The number of aromatic nitrogens is 4. The molecule has 5 heteroatoms. The number of aryl methyl sites for hydroxylation is 1. The van der Waals surface area contributed by atoms with Crippen LogP contribution in [0.25, 0.3) is 5.69 Å². The van der Waals surface area contributed by atoms with Gasteiger partial charge in [0.2, 0.25) is 0 Å². The van der Waals surface area contributed by atoms with Crippen LogP contribution in [0, 0.1) is 0 Å². The molecule has 1 aromatic carbocycles. The molecule has 0 aliphatic rings. The summed E-state index contributed by atoms with van der Waals surface area (Å²) >= 11 is 0. The number of hydrogen-bond donors (Lipinski definition) is 0. The molecule has 1 aromatic heterocycles. The van der Waals surface area contributed by atoms with Crippen LogP contribution in [0.1, 0.15) is 31.5 Å². The van der Waals surface area contributed by atoms with E-state index in [2.05, 4.69) is 15.5 Å². The van der Waals surface area contributed by atoms with Gasteiger partial charge in [-0.2, -0.15) is 4.68 Å². The third kappa shape index (κ3) is 3.37. The minimum Gasteiger partial charge on any atom is -0.237 e. The molecule has 0 saturated carbocycles. The molecule has 0 N–H and O–H groups in total. The van der Waals surface area contributed by atoms with Crippen molar-refractivity contribution in [1.82, 2.24) is 20.2 Å². The summed E-state index contributed by atoms with van der Waals surface area (Å²) in [6.45, 7) is 0.0295. The Morgan fingerprint density at radius 2 is 1.78 bits per heavy atom. The Morgan fingerprint density at radius 1 is 1.00 bits per heavy atom. The summed E-state index contributed by atoms with van der Waals surface area (Å²) in [5.41, 5.74) is 0.983. The van der Waals surface area contributed by atoms with Crippen molar-refractivity contribution in [3.05, 3.63) is 36.2 Å². The number of hydrogen-bond acceptors (Lipinski definition) is 3. The maximum Gasteiger partial charge on any atom is 0.156 e. The summed E-state index contributed by atoms with van der Waals surface area (Å²) in [6, 6.07) is 9.87. The third-order valence-corrected chi connectivity index (χ3v) is 2.83. The van der Waals surface area contributed by atoms with Gasteiger partial charge in [-0.3, -0.25) is 0 Å². The van der Waals surface area contributed by atoms with Gasteiger partial charge in [-0.05, 0) is 35.4 Å². The number of benzene rings is 1. The molecule has 0 aliphatic carbocycles. The van der Waals surface area contributed by atoms with Gasteiger partial charge >= 0.3 is 0 Å². The summed E-state index contributed by atoms with van der Waals surface area (Å²) in [6.07, 6.45) is 4.69. The van der Waals surface area contributed by atoms with E-state index < -0.39 is 0 Å². The highest BCUT2D eigenvalue weighted by Crippen LogP contribution is 2.10. The van der Waals surface area contributed by atoms with Gasteiger partial charge in [0.05, 0.1) is 12.3 Å². The average Bonchev–Trinajstić information content (AvgIpc) is 2.88. The van der Waals surface area contributed by atoms with Crippen LogP contribution in [0.5, 0.6) is 0 Å². The summed E-state index contributed by atoms with van der Waals surface area (Å²) < 4.78 is 1.77. The predicted octanol–water partition coefficient (Wildman–Crippen LogP) is 2.20. The van der Waals surface area contributed by atoms with Crippen molar-refractivity contribution in [2.75, 3.05) is 6.61 Å².